The number of aryl methyl sites for hydroxylation is 1. The molecule has 0 spiro atoms. The van der Waals surface area contributed by atoms with E-state index in [9.17, 15) is 4.79 Å². The third kappa shape index (κ3) is 2.09. The van der Waals surface area contributed by atoms with Crippen LogP contribution in [0.1, 0.15) is 12.8 Å². The normalized spacial score (nSPS) is 21.1. The molecule has 1 aliphatic rings. The Labute approximate surface area is 95.1 Å². The largest absolute Gasteiger partial charge is 0.350 e. The van der Waals surface area contributed by atoms with Gasteiger partial charge in [0.2, 0.25) is 0 Å². The van der Waals surface area contributed by atoms with E-state index in [0.29, 0.717) is 11.9 Å². The smallest absolute Gasteiger partial charge is 0.293 e. The zero-order valence-corrected chi connectivity index (χ0v) is 9.81. The van der Waals surface area contributed by atoms with Gasteiger partial charge in [0, 0.05) is 38.6 Å². The van der Waals surface area contributed by atoms with Gasteiger partial charge in [-0.15, -0.1) is 0 Å². The Morgan fingerprint density at radius 1 is 1.56 bits per heavy atom. The van der Waals surface area contributed by atoms with Crippen LogP contribution in [0.4, 0.5) is 5.82 Å². The van der Waals surface area contributed by atoms with Crippen molar-refractivity contribution >= 4 is 5.82 Å². The number of anilines is 1. The Hall–Kier alpha value is -1.36. The number of nitrogens with one attached hydrogen (secondary N) is 1. The molecular weight excluding hydrogens is 204 g/mol. The number of piperidine rings is 1. The molecule has 0 aromatic carbocycles. The van der Waals surface area contributed by atoms with Crippen LogP contribution in [0.5, 0.6) is 0 Å². The Bertz CT molecular complexity index is 415. The first-order chi connectivity index (χ1) is 7.72. The van der Waals surface area contributed by atoms with Crippen molar-refractivity contribution in [2.24, 2.45) is 7.05 Å². The van der Waals surface area contributed by atoms with Crippen LogP contribution in [0, 0.1) is 0 Å². The average molecular weight is 222 g/mol. The monoisotopic (exact) mass is 222 g/mol. The predicted octanol–water partition coefficient (Wildman–Crippen LogP) is -0.0315. The maximum absolute atomic E-state index is 11.9. The van der Waals surface area contributed by atoms with E-state index in [1.54, 1.807) is 24.0 Å². The molecule has 1 aliphatic heterocycles. The van der Waals surface area contributed by atoms with E-state index in [1.165, 1.54) is 6.42 Å². The van der Waals surface area contributed by atoms with Crippen molar-refractivity contribution in [2.45, 2.75) is 18.9 Å². The molecule has 5 heteroatoms. The molecule has 2 heterocycles. The third-order valence-corrected chi connectivity index (χ3v) is 3.13. The molecule has 1 aromatic rings. The molecule has 0 amide bonds. The number of nitrogens with zero attached hydrogens (tertiary/aromatic N) is 3. The van der Waals surface area contributed by atoms with Crippen LogP contribution in [0.25, 0.3) is 0 Å². The molecule has 0 radical (unpaired) electrons. The Kier molecular flexibility index (Phi) is 3.24. The van der Waals surface area contributed by atoms with Crippen LogP contribution in [0.2, 0.25) is 0 Å². The summed E-state index contributed by atoms with van der Waals surface area (Å²) in [6, 6.07) is 0.459. The number of likely N-dealkylation sites (N-methyl/N-ethyl adjacent to an activating group) is 1. The second-order valence-corrected chi connectivity index (χ2v) is 4.24. The van der Waals surface area contributed by atoms with Crippen molar-refractivity contribution in [3.8, 4) is 0 Å². The van der Waals surface area contributed by atoms with Gasteiger partial charge in [0.05, 0.1) is 0 Å². The van der Waals surface area contributed by atoms with Crippen LogP contribution < -0.4 is 15.8 Å². The third-order valence-electron chi connectivity index (χ3n) is 3.13. The highest BCUT2D eigenvalue weighted by molar-refractivity contribution is 5.36. The molecule has 16 heavy (non-hydrogen) atoms. The molecule has 1 unspecified atom stereocenters. The molecule has 1 fully saturated rings. The van der Waals surface area contributed by atoms with Crippen molar-refractivity contribution in [1.29, 1.82) is 0 Å². The van der Waals surface area contributed by atoms with E-state index in [4.69, 9.17) is 0 Å². The molecule has 1 aromatic heterocycles. The van der Waals surface area contributed by atoms with Gasteiger partial charge in [0.25, 0.3) is 5.56 Å². The maximum atomic E-state index is 11.9. The Morgan fingerprint density at radius 2 is 2.38 bits per heavy atom. The summed E-state index contributed by atoms with van der Waals surface area (Å²) in [6.07, 6.45) is 5.64. The minimum absolute atomic E-state index is 0.0146. The average Bonchev–Trinajstić information content (AvgIpc) is 2.33. The molecule has 0 bridgehead atoms. The molecule has 5 nitrogen and oxygen atoms in total. The Morgan fingerprint density at radius 3 is 3.12 bits per heavy atom. The topological polar surface area (TPSA) is 50.2 Å². The lowest BCUT2D eigenvalue weighted by atomic mass is 10.1. The van der Waals surface area contributed by atoms with Crippen LogP contribution in [-0.2, 0) is 7.05 Å². The van der Waals surface area contributed by atoms with Crippen molar-refractivity contribution in [1.82, 2.24) is 14.9 Å². The molecule has 2 rings (SSSR count). The van der Waals surface area contributed by atoms with Crippen molar-refractivity contribution in [3.63, 3.8) is 0 Å². The van der Waals surface area contributed by atoms with E-state index in [0.717, 1.165) is 19.5 Å². The van der Waals surface area contributed by atoms with Crippen molar-refractivity contribution < 1.29 is 0 Å². The summed E-state index contributed by atoms with van der Waals surface area (Å²) in [5.41, 5.74) is -0.0146. The summed E-state index contributed by atoms with van der Waals surface area (Å²) in [6.45, 7) is 1.78. The quantitative estimate of drug-likeness (QED) is 0.763. The first kappa shape index (κ1) is 11.1. The minimum atomic E-state index is -0.0146. The standard InChI is InChI=1S/C11H18N4O/c1-12-9-4-3-6-15(8-9)10-11(16)14(2)7-5-13-10/h5,7,9,12H,3-4,6,8H2,1-2H3. The fourth-order valence-corrected chi connectivity index (χ4v) is 2.11. The molecule has 88 valence electrons. The minimum Gasteiger partial charge on any atom is -0.350 e. The van der Waals surface area contributed by atoms with E-state index < -0.39 is 0 Å². The zero-order valence-electron chi connectivity index (χ0n) is 9.81. The number of aromatic nitrogens is 2. The number of hydrogen-bond donors (Lipinski definition) is 1. The van der Waals surface area contributed by atoms with Crippen LogP contribution in [0.3, 0.4) is 0 Å². The molecule has 1 N–H and O–H groups in total. The van der Waals surface area contributed by atoms with Crippen molar-refractivity contribution in [2.75, 3.05) is 25.0 Å². The molecule has 1 saturated heterocycles. The van der Waals surface area contributed by atoms with Crippen LogP contribution in [0.15, 0.2) is 17.2 Å². The number of hydrogen-bond acceptors (Lipinski definition) is 4. The van der Waals surface area contributed by atoms with Crippen LogP contribution in [-0.4, -0.2) is 35.7 Å². The van der Waals surface area contributed by atoms with E-state index in [2.05, 4.69) is 15.2 Å². The molecular formula is C11H18N4O. The van der Waals surface area contributed by atoms with Gasteiger partial charge in [-0.3, -0.25) is 4.79 Å². The fraction of sp³-hybridized carbons (Fsp3) is 0.636. The second-order valence-electron chi connectivity index (χ2n) is 4.24. The van der Waals surface area contributed by atoms with Gasteiger partial charge in [0.1, 0.15) is 0 Å². The highest BCUT2D eigenvalue weighted by Gasteiger charge is 2.21. The highest BCUT2D eigenvalue weighted by atomic mass is 16.1. The summed E-state index contributed by atoms with van der Waals surface area (Å²) in [5, 5.41) is 3.26. The lowest BCUT2D eigenvalue weighted by Crippen LogP contribution is -2.46. The van der Waals surface area contributed by atoms with Crippen LogP contribution >= 0.6 is 0 Å². The van der Waals surface area contributed by atoms with Gasteiger partial charge in [-0.05, 0) is 19.9 Å². The van der Waals surface area contributed by atoms with Gasteiger partial charge in [-0.1, -0.05) is 0 Å². The van der Waals surface area contributed by atoms with Crippen molar-refractivity contribution in [3.05, 3.63) is 22.7 Å². The lowest BCUT2D eigenvalue weighted by Gasteiger charge is -2.32. The zero-order chi connectivity index (χ0) is 11.5. The molecule has 0 aliphatic carbocycles. The summed E-state index contributed by atoms with van der Waals surface area (Å²) >= 11 is 0. The first-order valence-corrected chi connectivity index (χ1v) is 5.66. The number of rotatable bonds is 2. The first-order valence-electron chi connectivity index (χ1n) is 5.66. The predicted molar refractivity (Wildman–Crippen MR) is 63.8 cm³/mol. The van der Waals surface area contributed by atoms with Gasteiger partial charge in [-0.25, -0.2) is 4.98 Å². The van der Waals surface area contributed by atoms with Gasteiger partial charge in [-0.2, -0.15) is 0 Å². The van der Waals surface area contributed by atoms with E-state index in [1.807, 2.05) is 7.05 Å². The maximum Gasteiger partial charge on any atom is 0.293 e. The summed E-state index contributed by atoms with van der Waals surface area (Å²) in [5.74, 6) is 0.574. The second kappa shape index (κ2) is 4.65. The SMILES string of the molecule is CNC1CCCN(c2nccn(C)c2=O)C1. The van der Waals surface area contributed by atoms with E-state index in [-0.39, 0.29) is 5.56 Å². The summed E-state index contributed by atoms with van der Waals surface area (Å²) in [7, 11) is 3.72. The molecule has 0 saturated carbocycles. The van der Waals surface area contributed by atoms with Gasteiger partial charge in [0.15, 0.2) is 5.82 Å². The molecule has 1 atom stereocenters. The van der Waals surface area contributed by atoms with Gasteiger partial charge < -0.3 is 14.8 Å². The highest BCUT2D eigenvalue weighted by Crippen LogP contribution is 2.13. The lowest BCUT2D eigenvalue weighted by molar-refractivity contribution is 0.446. The fourth-order valence-electron chi connectivity index (χ4n) is 2.11. The van der Waals surface area contributed by atoms with Gasteiger partial charge >= 0.3 is 0 Å². The Balaban J connectivity index is 2.23. The van der Waals surface area contributed by atoms with E-state index >= 15 is 0 Å². The summed E-state index contributed by atoms with van der Waals surface area (Å²) < 4.78 is 1.57. The summed E-state index contributed by atoms with van der Waals surface area (Å²) in [4.78, 5) is 18.2.